The van der Waals surface area contributed by atoms with Gasteiger partial charge in [-0.3, -0.25) is 0 Å². The molecular formula is C22H24N2O6S. The predicted octanol–water partition coefficient (Wildman–Crippen LogP) is 3.10. The fourth-order valence-electron chi connectivity index (χ4n) is 3.56. The molecule has 0 aliphatic heterocycles. The highest BCUT2D eigenvalue weighted by Gasteiger charge is 2.41. The molecule has 9 heteroatoms. The van der Waals surface area contributed by atoms with Gasteiger partial charge < -0.3 is 14.8 Å². The molecule has 0 spiro atoms. The number of fused-ring (bicyclic) bond motifs is 1. The summed E-state index contributed by atoms with van der Waals surface area (Å²) in [6.45, 7) is 1.73. The zero-order valence-corrected chi connectivity index (χ0v) is 18.3. The van der Waals surface area contributed by atoms with Gasteiger partial charge in [0.25, 0.3) is 10.0 Å². The second kappa shape index (κ2) is 8.81. The number of esters is 1. The van der Waals surface area contributed by atoms with Gasteiger partial charge in [-0.05, 0) is 30.2 Å². The van der Waals surface area contributed by atoms with Gasteiger partial charge in [-0.15, -0.1) is 0 Å². The first kappa shape index (κ1) is 22.4. The van der Waals surface area contributed by atoms with Gasteiger partial charge in [0.05, 0.1) is 24.6 Å². The van der Waals surface area contributed by atoms with Crippen LogP contribution in [0.1, 0.15) is 18.9 Å². The number of carbonyl (C=O) groups is 2. The number of carbonyl (C=O) groups excluding carboxylic acids is 2. The van der Waals surface area contributed by atoms with E-state index >= 15 is 0 Å². The van der Waals surface area contributed by atoms with Crippen LogP contribution < -0.4 is 5.32 Å². The number of alkyl carbamates (subject to hydrolysis) is 1. The van der Waals surface area contributed by atoms with Crippen LogP contribution in [0.25, 0.3) is 10.9 Å². The monoisotopic (exact) mass is 444 g/mol. The van der Waals surface area contributed by atoms with Gasteiger partial charge in [0, 0.05) is 18.0 Å². The Kier molecular flexibility index (Phi) is 6.35. The molecule has 0 radical (unpaired) electrons. The molecule has 0 aliphatic carbocycles. The number of ether oxygens (including phenoxy) is 2. The van der Waals surface area contributed by atoms with Crippen molar-refractivity contribution >= 4 is 33.0 Å². The largest absolute Gasteiger partial charge is 0.467 e. The van der Waals surface area contributed by atoms with Crippen LogP contribution in [0.2, 0.25) is 0 Å². The van der Waals surface area contributed by atoms with Crippen molar-refractivity contribution in [2.24, 2.45) is 0 Å². The molecule has 3 rings (SSSR count). The van der Waals surface area contributed by atoms with Crippen molar-refractivity contribution in [1.82, 2.24) is 9.29 Å². The van der Waals surface area contributed by atoms with Gasteiger partial charge in [0.15, 0.2) is 0 Å². The lowest BCUT2D eigenvalue weighted by molar-refractivity contribution is -0.148. The van der Waals surface area contributed by atoms with Crippen molar-refractivity contribution in [1.29, 1.82) is 0 Å². The van der Waals surface area contributed by atoms with Crippen molar-refractivity contribution in [2.75, 3.05) is 14.2 Å². The average molecular weight is 445 g/mol. The number of hydrogen-bond acceptors (Lipinski definition) is 6. The van der Waals surface area contributed by atoms with Crippen LogP contribution in [-0.2, 0) is 30.7 Å². The molecule has 3 aromatic rings. The molecule has 0 bridgehead atoms. The summed E-state index contributed by atoms with van der Waals surface area (Å²) in [5.41, 5.74) is -0.388. The number of nitrogens with one attached hydrogen (secondary N) is 1. The molecule has 1 atom stereocenters. The van der Waals surface area contributed by atoms with Crippen molar-refractivity contribution in [3.63, 3.8) is 0 Å². The molecule has 1 heterocycles. The molecule has 8 nitrogen and oxygen atoms in total. The van der Waals surface area contributed by atoms with E-state index in [0.29, 0.717) is 16.5 Å². The molecule has 0 saturated carbocycles. The lowest BCUT2D eigenvalue weighted by Gasteiger charge is -2.30. The normalized spacial score (nSPS) is 13.4. The predicted molar refractivity (Wildman–Crippen MR) is 115 cm³/mol. The second-order valence-corrected chi connectivity index (χ2v) is 8.82. The summed E-state index contributed by atoms with van der Waals surface area (Å²) in [6, 6.07) is 15.1. The maximum atomic E-state index is 13.3. The third-order valence-electron chi connectivity index (χ3n) is 5.26. The van der Waals surface area contributed by atoms with E-state index in [2.05, 4.69) is 10.1 Å². The summed E-state index contributed by atoms with van der Waals surface area (Å²) >= 11 is 0. The zero-order chi connectivity index (χ0) is 22.6. The molecule has 1 amide bonds. The van der Waals surface area contributed by atoms with E-state index in [1.165, 1.54) is 36.5 Å². The van der Waals surface area contributed by atoms with Crippen LogP contribution in [0.3, 0.4) is 0 Å². The number of amides is 1. The van der Waals surface area contributed by atoms with Crippen LogP contribution in [-0.4, -0.2) is 44.2 Å². The van der Waals surface area contributed by atoms with E-state index in [9.17, 15) is 18.0 Å². The van der Waals surface area contributed by atoms with Crippen LogP contribution >= 0.6 is 0 Å². The van der Waals surface area contributed by atoms with Crippen molar-refractivity contribution in [3.05, 3.63) is 66.4 Å². The molecule has 1 aromatic heterocycles. The minimum absolute atomic E-state index is 0.0170. The SMILES string of the molecule is CC[C@@](Cc1cn(S(=O)(=O)c2ccccc2)c2ccccc12)(NC(=O)OC)C(=O)OC. The van der Waals surface area contributed by atoms with E-state index in [0.717, 1.165) is 0 Å². The van der Waals surface area contributed by atoms with Gasteiger partial charge in [0.1, 0.15) is 5.54 Å². The number of para-hydroxylation sites is 1. The maximum absolute atomic E-state index is 13.3. The fraction of sp³-hybridized carbons (Fsp3) is 0.273. The Morgan fingerprint density at radius 1 is 1.00 bits per heavy atom. The lowest BCUT2D eigenvalue weighted by atomic mass is 9.88. The second-order valence-electron chi connectivity index (χ2n) is 7.01. The minimum atomic E-state index is -3.87. The Hall–Kier alpha value is -3.33. The van der Waals surface area contributed by atoms with Crippen LogP contribution in [0.5, 0.6) is 0 Å². The van der Waals surface area contributed by atoms with Gasteiger partial charge in [-0.1, -0.05) is 43.3 Å². The summed E-state index contributed by atoms with van der Waals surface area (Å²) < 4.78 is 37.4. The number of methoxy groups -OCH3 is 2. The molecule has 0 saturated heterocycles. The third kappa shape index (κ3) is 4.13. The number of nitrogens with zero attached hydrogens (tertiary/aromatic N) is 1. The number of hydrogen-bond donors (Lipinski definition) is 1. The first-order valence-electron chi connectivity index (χ1n) is 9.63. The molecule has 164 valence electrons. The summed E-state index contributed by atoms with van der Waals surface area (Å²) in [6.07, 6.45) is 0.926. The number of rotatable bonds is 7. The van der Waals surface area contributed by atoms with Crippen molar-refractivity contribution < 1.29 is 27.5 Å². The van der Waals surface area contributed by atoms with E-state index < -0.39 is 27.6 Å². The molecule has 0 fully saturated rings. The summed E-state index contributed by atoms with van der Waals surface area (Å²) in [5.74, 6) is -0.650. The minimum Gasteiger partial charge on any atom is -0.467 e. The number of benzene rings is 2. The van der Waals surface area contributed by atoms with Gasteiger partial charge in [-0.2, -0.15) is 0 Å². The standard InChI is InChI=1S/C22H24N2O6S/c1-4-22(20(25)29-2,23-21(26)30-3)14-16-15-24(19-13-9-8-12-18(16)19)31(27,28)17-10-6-5-7-11-17/h5-13,15H,4,14H2,1-3H3,(H,23,26)/t22-/m0/s1. The Bertz CT molecular complexity index is 1200. The average Bonchev–Trinajstić information content (AvgIpc) is 3.17. The molecule has 1 N–H and O–H groups in total. The number of aromatic nitrogens is 1. The summed E-state index contributed by atoms with van der Waals surface area (Å²) in [4.78, 5) is 24.8. The highest BCUT2D eigenvalue weighted by Crippen LogP contribution is 2.30. The molecule has 0 aliphatic rings. The topological polar surface area (TPSA) is 104 Å². The molecule has 0 unspecified atom stereocenters. The van der Waals surface area contributed by atoms with Crippen LogP contribution in [0.15, 0.2) is 65.7 Å². The van der Waals surface area contributed by atoms with Gasteiger partial charge >= 0.3 is 12.1 Å². The van der Waals surface area contributed by atoms with E-state index in [-0.39, 0.29) is 17.7 Å². The third-order valence-corrected chi connectivity index (χ3v) is 6.95. The van der Waals surface area contributed by atoms with E-state index in [1.807, 2.05) is 0 Å². The smallest absolute Gasteiger partial charge is 0.407 e. The quantitative estimate of drug-likeness (QED) is 0.562. The van der Waals surface area contributed by atoms with Crippen LogP contribution in [0.4, 0.5) is 4.79 Å². The summed E-state index contributed by atoms with van der Waals surface area (Å²) in [7, 11) is -1.44. The van der Waals surface area contributed by atoms with Crippen LogP contribution in [0, 0.1) is 0 Å². The van der Waals surface area contributed by atoms with Gasteiger partial charge in [-0.25, -0.2) is 22.0 Å². The highest BCUT2D eigenvalue weighted by atomic mass is 32.2. The van der Waals surface area contributed by atoms with Crippen molar-refractivity contribution in [3.8, 4) is 0 Å². The zero-order valence-electron chi connectivity index (χ0n) is 17.5. The Balaban J connectivity index is 2.17. The molecular weight excluding hydrogens is 420 g/mol. The van der Waals surface area contributed by atoms with E-state index in [4.69, 9.17) is 4.74 Å². The maximum Gasteiger partial charge on any atom is 0.407 e. The Labute approximate surface area is 180 Å². The highest BCUT2D eigenvalue weighted by molar-refractivity contribution is 7.90. The molecule has 2 aromatic carbocycles. The first-order chi connectivity index (χ1) is 14.8. The Morgan fingerprint density at radius 2 is 1.65 bits per heavy atom. The van der Waals surface area contributed by atoms with E-state index in [1.54, 1.807) is 49.4 Å². The molecule has 31 heavy (non-hydrogen) atoms. The lowest BCUT2D eigenvalue weighted by Crippen LogP contribution is -2.56. The van der Waals surface area contributed by atoms with Gasteiger partial charge in [0.2, 0.25) is 0 Å². The fourth-order valence-corrected chi connectivity index (χ4v) is 4.97. The summed E-state index contributed by atoms with van der Waals surface area (Å²) in [5, 5.41) is 3.23. The Morgan fingerprint density at radius 3 is 2.26 bits per heavy atom. The first-order valence-corrected chi connectivity index (χ1v) is 11.1. The van der Waals surface area contributed by atoms with Crippen molar-refractivity contribution in [2.45, 2.75) is 30.2 Å².